The molecule has 0 saturated heterocycles. The van der Waals surface area contributed by atoms with Crippen LogP contribution in [0.4, 0.5) is 0 Å². The maximum atomic E-state index is 11.7. The van der Waals surface area contributed by atoms with Crippen LogP contribution in [0.15, 0.2) is 40.8 Å². The fourth-order valence-electron chi connectivity index (χ4n) is 1.54. The number of hydrogen-bond acceptors (Lipinski definition) is 4. The van der Waals surface area contributed by atoms with Crippen LogP contribution in [0.1, 0.15) is 32.2 Å². The number of nitriles is 1. The molecular weight excluding hydrogens is 260 g/mol. The Morgan fingerprint density at radius 1 is 1.15 bits per heavy atom. The van der Waals surface area contributed by atoms with Gasteiger partial charge in [-0.05, 0) is 29.8 Å². The molecule has 1 aromatic carbocycles. The predicted octanol–water partition coefficient (Wildman–Crippen LogP) is 1.78. The summed E-state index contributed by atoms with van der Waals surface area (Å²) in [6.45, 7) is 0.258. The molecule has 2 rings (SSSR count). The minimum Gasteiger partial charge on any atom is -0.475 e. The molecule has 0 aliphatic heterocycles. The largest absolute Gasteiger partial charge is 0.475 e. The van der Waals surface area contributed by atoms with Gasteiger partial charge in [-0.15, -0.1) is 0 Å². The molecule has 6 heteroatoms. The lowest BCUT2D eigenvalue weighted by Gasteiger charge is -2.03. The SMILES string of the molecule is N#Cc1ccc(CNC(=O)c2ccc(C(=O)O)o2)cc1. The first-order valence-corrected chi connectivity index (χ1v) is 5.70. The number of carbonyl (C=O) groups is 2. The van der Waals surface area contributed by atoms with Crippen molar-refractivity contribution in [1.82, 2.24) is 5.32 Å². The Balaban J connectivity index is 1.97. The van der Waals surface area contributed by atoms with E-state index in [2.05, 4.69) is 5.32 Å². The van der Waals surface area contributed by atoms with Gasteiger partial charge in [0.2, 0.25) is 5.76 Å². The third kappa shape index (κ3) is 3.03. The topological polar surface area (TPSA) is 103 Å². The van der Waals surface area contributed by atoms with Crippen molar-refractivity contribution in [1.29, 1.82) is 5.26 Å². The zero-order valence-corrected chi connectivity index (χ0v) is 10.3. The highest BCUT2D eigenvalue weighted by Gasteiger charge is 2.14. The number of aromatic carboxylic acids is 1. The molecule has 100 valence electrons. The van der Waals surface area contributed by atoms with Crippen LogP contribution in [-0.2, 0) is 6.54 Å². The smallest absolute Gasteiger partial charge is 0.371 e. The molecule has 0 aliphatic rings. The zero-order valence-electron chi connectivity index (χ0n) is 10.3. The maximum absolute atomic E-state index is 11.7. The van der Waals surface area contributed by atoms with Crippen LogP contribution in [0.2, 0.25) is 0 Å². The Hall–Kier alpha value is -3.07. The van der Waals surface area contributed by atoms with Crippen LogP contribution in [-0.4, -0.2) is 17.0 Å². The molecule has 0 saturated carbocycles. The number of carboxylic acids is 1. The number of carbonyl (C=O) groups excluding carboxylic acids is 1. The van der Waals surface area contributed by atoms with E-state index in [1.165, 1.54) is 12.1 Å². The average Bonchev–Trinajstić information content (AvgIpc) is 2.95. The van der Waals surface area contributed by atoms with Crippen molar-refractivity contribution in [2.45, 2.75) is 6.54 Å². The summed E-state index contributed by atoms with van der Waals surface area (Å²) in [5.41, 5.74) is 1.36. The van der Waals surface area contributed by atoms with E-state index >= 15 is 0 Å². The Kier molecular flexibility index (Phi) is 3.82. The normalized spacial score (nSPS) is 9.75. The van der Waals surface area contributed by atoms with Gasteiger partial charge < -0.3 is 14.8 Å². The van der Waals surface area contributed by atoms with E-state index in [9.17, 15) is 9.59 Å². The second-order valence-electron chi connectivity index (χ2n) is 3.96. The quantitative estimate of drug-likeness (QED) is 0.881. The van der Waals surface area contributed by atoms with Gasteiger partial charge in [0.05, 0.1) is 11.6 Å². The molecule has 1 heterocycles. The molecule has 0 atom stereocenters. The molecular formula is C14H10N2O4. The van der Waals surface area contributed by atoms with Crippen molar-refractivity contribution in [2.75, 3.05) is 0 Å². The Bertz CT molecular complexity index is 680. The van der Waals surface area contributed by atoms with Gasteiger partial charge in [0, 0.05) is 6.54 Å². The molecule has 0 bridgehead atoms. The van der Waals surface area contributed by atoms with Gasteiger partial charge in [-0.25, -0.2) is 4.79 Å². The van der Waals surface area contributed by atoms with E-state index in [1.54, 1.807) is 24.3 Å². The maximum Gasteiger partial charge on any atom is 0.371 e. The Morgan fingerprint density at radius 3 is 2.35 bits per heavy atom. The highest BCUT2D eigenvalue weighted by molar-refractivity contribution is 5.93. The third-order valence-corrected chi connectivity index (χ3v) is 2.58. The zero-order chi connectivity index (χ0) is 14.5. The summed E-state index contributed by atoms with van der Waals surface area (Å²) in [7, 11) is 0. The third-order valence-electron chi connectivity index (χ3n) is 2.58. The number of benzene rings is 1. The first kappa shape index (κ1) is 13.4. The van der Waals surface area contributed by atoms with Gasteiger partial charge in [-0.3, -0.25) is 4.79 Å². The summed E-state index contributed by atoms with van der Waals surface area (Å²) >= 11 is 0. The van der Waals surface area contributed by atoms with Crippen LogP contribution < -0.4 is 5.32 Å². The van der Waals surface area contributed by atoms with Crippen LogP contribution in [0.5, 0.6) is 0 Å². The van der Waals surface area contributed by atoms with Crippen LogP contribution in [0, 0.1) is 11.3 Å². The first-order valence-electron chi connectivity index (χ1n) is 5.70. The van der Waals surface area contributed by atoms with E-state index < -0.39 is 11.9 Å². The van der Waals surface area contributed by atoms with Crippen molar-refractivity contribution >= 4 is 11.9 Å². The lowest BCUT2D eigenvalue weighted by atomic mass is 10.1. The minimum absolute atomic E-state index is 0.0592. The summed E-state index contributed by atoms with van der Waals surface area (Å²) in [6.07, 6.45) is 0. The van der Waals surface area contributed by atoms with Gasteiger partial charge in [0.25, 0.3) is 5.91 Å². The lowest BCUT2D eigenvalue weighted by molar-refractivity contribution is 0.0659. The van der Waals surface area contributed by atoms with Gasteiger partial charge in [-0.2, -0.15) is 5.26 Å². The van der Waals surface area contributed by atoms with Crippen molar-refractivity contribution in [2.24, 2.45) is 0 Å². The molecule has 2 aromatic rings. The van der Waals surface area contributed by atoms with Crippen molar-refractivity contribution < 1.29 is 19.1 Å². The number of nitrogens with zero attached hydrogens (tertiary/aromatic N) is 1. The second-order valence-corrected chi connectivity index (χ2v) is 3.96. The second kappa shape index (κ2) is 5.71. The van der Waals surface area contributed by atoms with Gasteiger partial charge in [0.15, 0.2) is 5.76 Å². The summed E-state index contributed by atoms with van der Waals surface area (Å²) in [6, 6.07) is 11.3. The Labute approximate surface area is 114 Å². The minimum atomic E-state index is -1.23. The number of hydrogen-bond donors (Lipinski definition) is 2. The van der Waals surface area contributed by atoms with Gasteiger partial charge in [0.1, 0.15) is 0 Å². The van der Waals surface area contributed by atoms with E-state index in [0.29, 0.717) is 5.56 Å². The molecule has 1 amide bonds. The van der Waals surface area contributed by atoms with Gasteiger partial charge >= 0.3 is 5.97 Å². The van der Waals surface area contributed by atoms with Crippen molar-refractivity contribution in [3.8, 4) is 6.07 Å². The molecule has 0 unspecified atom stereocenters. The van der Waals surface area contributed by atoms with Crippen LogP contribution in [0.3, 0.4) is 0 Å². The molecule has 0 fully saturated rings. The molecule has 0 spiro atoms. The first-order chi connectivity index (χ1) is 9.60. The predicted molar refractivity (Wildman–Crippen MR) is 68.0 cm³/mol. The molecule has 0 radical (unpaired) electrons. The number of nitrogens with one attached hydrogen (secondary N) is 1. The van der Waals surface area contributed by atoms with Gasteiger partial charge in [-0.1, -0.05) is 12.1 Å². The highest BCUT2D eigenvalue weighted by atomic mass is 16.4. The van der Waals surface area contributed by atoms with Crippen molar-refractivity contribution in [3.05, 3.63) is 59.0 Å². The average molecular weight is 270 g/mol. The lowest BCUT2D eigenvalue weighted by Crippen LogP contribution is -2.22. The number of rotatable bonds is 4. The molecule has 2 N–H and O–H groups in total. The fraction of sp³-hybridized carbons (Fsp3) is 0.0714. The highest BCUT2D eigenvalue weighted by Crippen LogP contribution is 2.08. The summed E-state index contributed by atoms with van der Waals surface area (Å²) < 4.78 is 4.88. The summed E-state index contributed by atoms with van der Waals surface area (Å²) in [4.78, 5) is 22.4. The van der Waals surface area contributed by atoms with Crippen LogP contribution in [0.25, 0.3) is 0 Å². The number of amides is 1. The number of furan rings is 1. The molecule has 0 aliphatic carbocycles. The number of carboxylic acid groups (broad SMARTS) is 1. The fourth-order valence-corrected chi connectivity index (χ4v) is 1.54. The molecule has 1 aromatic heterocycles. The Morgan fingerprint density at radius 2 is 1.80 bits per heavy atom. The van der Waals surface area contributed by atoms with Crippen molar-refractivity contribution in [3.63, 3.8) is 0 Å². The summed E-state index contributed by atoms with van der Waals surface area (Å²) in [5, 5.41) is 19.9. The summed E-state index contributed by atoms with van der Waals surface area (Å²) in [5.74, 6) is -2.07. The monoisotopic (exact) mass is 270 g/mol. The standard InChI is InChI=1S/C14H10N2O4/c15-7-9-1-3-10(4-2-9)8-16-13(17)11-5-6-12(20-11)14(18)19/h1-6H,8H2,(H,16,17)(H,18,19). The van der Waals surface area contributed by atoms with E-state index in [1.807, 2.05) is 6.07 Å². The van der Waals surface area contributed by atoms with E-state index in [-0.39, 0.29) is 18.1 Å². The van der Waals surface area contributed by atoms with Crippen LogP contribution >= 0.6 is 0 Å². The van der Waals surface area contributed by atoms with E-state index in [4.69, 9.17) is 14.8 Å². The molecule has 6 nitrogen and oxygen atoms in total. The van der Waals surface area contributed by atoms with E-state index in [0.717, 1.165) is 5.56 Å². The molecule has 20 heavy (non-hydrogen) atoms.